The van der Waals surface area contributed by atoms with Gasteiger partial charge in [-0.1, -0.05) is 48.1 Å². The fourth-order valence-corrected chi connectivity index (χ4v) is 2.70. The molecule has 0 radical (unpaired) electrons. The number of methoxy groups -OCH3 is 1. The standard InChI is InChI=1S/C22H24O4/c1-14(2)9-12-18-19(26-4)13-17(20(21(18)23)22(24)25)11-10-16-8-6-5-7-15(16)3/h5-11,13,23H,12H2,1-4H3,(H,24,25)/b11-10+. The Balaban J connectivity index is 2.59. The van der Waals surface area contributed by atoms with E-state index in [0.717, 1.165) is 16.7 Å². The summed E-state index contributed by atoms with van der Waals surface area (Å²) in [5, 5.41) is 20.2. The van der Waals surface area contributed by atoms with Crippen molar-refractivity contribution in [2.24, 2.45) is 0 Å². The summed E-state index contributed by atoms with van der Waals surface area (Å²) < 4.78 is 5.39. The molecule has 0 spiro atoms. The number of benzene rings is 2. The highest BCUT2D eigenvalue weighted by Crippen LogP contribution is 2.36. The lowest BCUT2D eigenvalue weighted by Gasteiger charge is -2.14. The zero-order valence-corrected chi connectivity index (χ0v) is 15.5. The molecule has 0 fully saturated rings. The van der Waals surface area contributed by atoms with Crippen molar-refractivity contribution in [1.29, 1.82) is 0 Å². The zero-order valence-electron chi connectivity index (χ0n) is 15.5. The molecule has 0 amide bonds. The van der Waals surface area contributed by atoms with Gasteiger partial charge in [0.1, 0.15) is 17.1 Å². The first-order chi connectivity index (χ1) is 12.3. The van der Waals surface area contributed by atoms with Crippen LogP contribution in [-0.2, 0) is 6.42 Å². The van der Waals surface area contributed by atoms with Crippen LogP contribution in [0.5, 0.6) is 11.5 Å². The largest absolute Gasteiger partial charge is 0.507 e. The van der Waals surface area contributed by atoms with Crippen LogP contribution >= 0.6 is 0 Å². The molecular formula is C22H24O4. The van der Waals surface area contributed by atoms with E-state index in [1.165, 1.54) is 7.11 Å². The third-order valence-corrected chi connectivity index (χ3v) is 4.17. The van der Waals surface area contributed by atoms with Crippen molar-refractivity contribution in [2.75, 3.05) is 7.11 Å². The number of aromatic hydroxyl groups is 1. The quantitative estimate of drug-likeness (QED) is 0.561. The molecule has 2 N–H and O–H groups in total. The number of phenols is 1. The van der Waals surface area contributed by atoms with E-state index < -0.39 is 5.97 Å². The molecule has 0 atom stereocenters. The fraction of sp³-hybridized carbons (Fsp3) is 0.227. The van der Waals surface area contributed by atoms with Crippen molar-refractivity contribution in [3.05, 3.63) is 69.8 Å². The zero-order chi connectivity index (χ0) is 19.3. The maximum absolute atomic E-state index is 11.8. The van der Waals surface area contributed by atoms with Crippen LogP contribution < -0.4 is 4.74 Å². The number of aromatic carboxylic acids is 1. The van der Waals surface area contributed by atoms with Crippen LogP contribution in [-0.4, -0.2) is 23.3 Å². The molecule has 0 heterocycles. The summed E-state index contributed by atoms with van der Waals surface area (Å²) in [6.07, 6.45) is 5.86. The summed E-state index contributed by atoms with van der Waals surface area (Å²) in [5.41, 5.74) is 3.89. The Kier molecular flexibility index (Phi) is 6.23. The Hall–Kier alpha value is -3.01. The molecule has 0 aliphatic rings. The first-order valence-electron chi connectivity index (χ1n) is 8.38. The van der Waals surface area contributed by atoms with Crippen LogP contribution in [0.1, 0.15) is 46.5 Å². The van der Waals surface area contributed by atoms with E-state index in [4.69, 9.17) is 4.74 Å². The number of rotatable bonds is 6. The van der Waals surface area contributed by atoms with Gasteiger partial charge in [-0.3, -0.25) is 0 Å². The molecule has 2 aromatic carbocycles. The molecular weight excluding hydrogens is 328 g/mol. The van der Waals surface area contributed by atoms with Gasteiger partial charge in [0.05, 0.1) is 7.11 Å². The van der Waals surface area contributed by atoms with E-state index in [1.54, 1.807) is 12.1 Å². The molecule has 4 heteroatoms. The molecule has 0 saturated carbocycles. The molecule has 136 valence electrons. The maximum Gasteiger partial charge on any atom is 0.340 e. The van der Waals surface area contributed by atoms with E-state index in [0.29, 0.717) is 23.3 Å². The molecule has 4 nitrogen and oxygen atoms in total. The van der Waals surface area contributed by atoms with Crippen molar-refractivity contribution < 1.29 is 19.7 Å². The Morgan fingerprint density at radius 1 is 1.15 bits per heavy atom. The number of allylic oxidation sites excluding steroid dienone is 2. The minimum absolute atomic E-state index is 0.118. The van der Waals surface area contributed by atoms with Crippen molar-refractivity contribution >= 4 is 18.1 Å². The van der Waals surface area contributed by atoms with Crippen molar-refractivity contribution in [3.63, 3.8) is 0 Å². The Morgan fingerprint density at radius 2 is 1.81 bits per heavy atom. The third-order valence-electron chi connectivity index (χ3n) is 4.17. The molecule has 2 aromatic rings. The summed E-state index contributed by atoms with van der Waals surface area (Å²) in [4.78, 5) is 11.8. The average Bonchev–Trinajstić information content (AvgIpc) is 2.59. The third kappa shape index (κ3) is 4.33. The first-order valence-corrected chi connectivity index (χ1v) is 8.38. The van der Waals surface area contributed by atoms with Gasteiger partial charge in [-0.15, -0.1) is 0 Å². The van der Waals surface area contributed by atoms with Gasteiger partial charge in [-0.2, -0.15) is 0 Å². The van der Waals surface area contributed by atoms with Gasteiger partial charge in [0, 0.05) is 5.56 Å². The van der Waals surface area contributed by atoms with Crippen molar-refractivity contribution in [2.45, 2.75) is 27.2 Å². The van der Waals surface area contributed by atoms with Gasteiger partial charge in [0.25, 0.3) is 0 Å². The Bertz CT molecular complexity index is 872. The van der Waals surface area contributed by atoms with E-state index in [-0.39, 0.29) is 11.3 Å². The average molecular weight is 352 g/mol. The summed E-state index contributed by atoms with van der Waals surface area (Å²) >= 11 is 0. The Morgan fingerprint density at radius 3 is 2.38 bits per heavy atom. The lowest BCUT2D eigenvalue weighted by Crippen LogP contribution is -2.04. The minimum Gasteiger partial charge on any atom is -0.507 e. The topological polar surface area (TPSA) is 66.8 Å². The smallest absolute Gasteiger partial charge is 0.340 e. The number of carbonyl (C=O) groups is 1. The fourth-order valence-electron chi connectivity index (χ4n) is 2.70. The van der Waals surface area contributed by atoms with Crippen LogP contribution in [0.3, 0.4) is 0 Å². The second-order valence-corrected chi connectivity index (χ2v) is 6.35. The predicted molar refractivity (Wildman–Crippen MR) is 105 cm³/mol. The monoisotopic (exact) mass is 352 g/mol. The number of ether oxygens (including phenoxy) is 1. The number of carboxylic acids is 1. The van der Waals surface area contributed by atoms with Crippen LogP contribution in [0.4, 0.5) is 0 Å². The molecule has 2 rings (SSSR count). The molecule has 0 aliphatic carbocycles. The maximum atomic E-state index is 11.8. The highest BCUT2D eigenvalue weighted by molar-refractivity contribution is 5.97. The summed E-state index contributed by atoms with van der Waals surface area (Å²) in [7, 11) is 1.51. The molecule has 0 aliphatic heterocycles. The van der Waals surface area contributed by atoms with Gasteiger partial charge >= 0.3 is 5.97 Å². The van der Waals surface area contributed by atoms with Crippen LogP contribution in [0.25, 0.3) is 12.2 Å². The Labute approximate surface area is 154 Å². The van der Waals surface area contributed by atoms with E-state index in [9.17, 15) is 15.0 Å². The second-order valence-electron chi connectivity index (χ2n) is 6.35. The second kappa shape index (κ2) is 8.39. The number of hydrogen-bond donors (Lipinski definition) is 2. The summed E-state index contributed by atoms with van der Waals surface area (Å²) in [6, 6.07) is 9.46. The van der Waals surface area contributed by atoms with Gasteiger partial charge in [0.15, 0.2) is 0 Å². The van der Waals surface area contributed by atoms with Gasteiger partial charge in [-0.25, -0.2) is 4.79 Å². The van der Waals surface area contributed by atoms with E-state index in [2.05, 4.69) is 0 Å². The van der Waals surface area contributed by atoms with Crippen LogP contribution in [0, 0.1) is 6.92 Å². The first kappa shape index (κ1) is 19.3. The van der Waals surface area contributed by atoms with Crippen molar-refractivity contribution in [3.8, 4) is 11.5 Å². The number of carboxylic acid groups (broad SMARTS) is 1. The predicted octanol–water partition coefficient (Wildman–Crippen LogP) is 5.09. The molecule has 0 saturated heterocycles. The summed E-state index contributed by atoms with van der Waals surface area (Å²) in [5.74, 6) is -0.957. The molecule has 0 aromatic heterocycles. The number of hydrogen-bond acceptors (Lipinski definition) is 3. The lowest BCUT2D eigenvalue weighted by molar-refractivity contribution is 0.0693. The van der Waals surface area contributed by atoms with Gasteiger partial charge in [0.2, 0.25) is 0 Å². The van der Waals surface area contributed by atoms with Gasteiger partial charge < -0.3 is 14.9 Å². The van der Waals surface area contributed by atoms with E-state index >= 15 is 0 Å². The SMILES string of the molecule is COc1cc(/C=C/c2ccccc2C)c(C(=O)O)c(O)c1CC=C(C)C. The van der Waals surface area contributed by atoms with Gasteiger partial charge in [-0.05, 0) is 49.9 Å². The number of aryl methyl sites for hydroxylation is 1. The molecule has 26 heavy (non-hydrogen) atoms. The molecule has 0 unspecified atom stereocenters. The lowest BCUT2D eigenvalue weighted by atomic mass is 9.97. The van der Waals surface area contributed by atoms with Crippen molar-refractivity contribution in [1.82, 2.24) is 0 Å². The van der Waals surface area contributed by atoms with Crippen LogP contribution in [0.15, 0.2) is 42.0 Å². The normalized spacial score (nSPS) is 10.8. The van der Waals surface area contributed by atoms with E-state index in [1.807, 2.05) is 57.2 Å². The molecule has 0 bridgehead atoms. The minimum atomic E-state index is -1.17. The van der Waals surface area contributed by atoms with Crippen LogP contribution in [0.2, 0.25) is 0 Å². The highest BCUT2D eigenvalue weighted by atomic mass is 16.5. The summed E-state index contributed by atoms with van der Waals surface area (Å²) in [6.45, 7) is 5.88. The highest BCUT2D eigenvalue weighted by Gasteiger charge is 2.21.